The van der Waals surface area contributed by atoms with Crippen molar-refractivity contribution in [2.45, 2.75) is 0 Å². The summed E-state index contributed by atoms with van der Waals surface area (Å²) in [6.45, 7) is 0. The van der Waals surface area contributed by atoms with Gasteiger partial charge in [-0.15, -0.1) is 0 Å². The number of benzene rings is 2. The SMILES string of the molecule is O=c1c2ccc(O)c(O)c2[nH]c2c(O)c(O)c(O)c(O)c12. The van der Waals surface area contributed by atoms with Crippen molar-refractivity contribution < 1.29 is 30.6 Å². The van der Waals surface area contributed by atoms with Crippen molar-refractivity contribution in [2.24, 2.45) is 0 Å². The van der Waals surface area contributed by atoms with Gasteiger partial charge in [-0.25, -0.2) is 0 Å². The zero-order valence-electron chi connectivity index (χ0n) is 10.2. The van der Waals surface area contributed by atoms with E-state index in [0.717, 1.165) is 6.07 Å². The van der Waals surface area contributed by atoms with E-state index in [1.165, 1.54) is 6.07 Å². The number of fused-ring (bicyclic) bond motifs is 2. The molecule has 0 unspecified atom stereocenters. The Kier molecular flexibility index (Phi) is 2.34. The van der Waals surface area contributed by atoms with E-state index < -0.39 is 45.3 Å². The fourth-order valence-electron chi connectivity index (χ4n) is 2.20. The summed E-state index contributed by atoms with van der Waals surface area (Å²) in [4.78, 5) is 14.8. The lowest BCUT2D eigenvalue weighted by Crippen LogP contribution is -2.05. The van der Waals surface area contributed by atoms with E-state index in [-0.39, 0.29) is 16.4 Å². The minimum absolute atomic E-state index is 0.0856. The van der Waals surface area contributed by atoms with E-state index in [4.69, 9.17) is 0 Å². The number of aromatic hydroxyl groups is 6. The van der Waals surface area contributed by atoms with Gasteiger partial charge in [-0.1, -0.05) is 0 Å². The zero-order chi connectivity index (χ0) is 15.5. The van der Waals surface area contributed by atoms with Gasteiger partial charge >= 0.3 is 0 Å². The molecular formula is C13H9NO7. The van der Waals surface area contributed by atoms with Crippen LogP contribution in [0, 0.1) is 0 Å². The zero-order valence-corrected chi connectivity index (χ0v) is 10.2. The maximum absolute atomic E-state index is 12.3. The normalized spacial score (nSPS) is 11.2. The summed E-state index contributed by atoms with van der Waals surface area (Å²) in [5.41, 5.74) is -1.38. The molecule has 0 saturated heterocycles. The molecule has 21 heavy (non-hydrogen) atoms. The average molecular weight is 291 g/mol. The first-order valence-corrected chi connectivity index (χ1v) is 5.71. The first-order valence-electron chi connectivity index (χ1n) is 5.71. The van der Waals surface area contributed by atoms with Crippen LogP contribution in [-0.4, -0.2) is 35.6 Å². The van der Waals surface area contributed by atoms with E-state index in [9.17, 15) is 35.4 Å². The molecule has 3 aromatic rings. The van der Waals surface area contributed by atoms with E-state index >= 15 is 0 Å². The van der Waals surface area contributed by atoms with Gasteiger partial charge in [0.1, 0.15) is 5.52 Å². The molecule has 0 atom stereocenters. The van der Waals surface area contributed by atoms with Gasteiger partial charge in [0.2, 0.25) is 16.9 Å². The number of rotatable bonds is 0. The molecule has 2 aromatic carbocycles. The molecule has 1 aromatic heterocycles. The predicted octanol–water partition coefficient (Wildman–Crippen LogP) is 0.915. The number of nitrogens with one attached hydrogen (secondary N) is 1. The average Bonchev–Trinajstić information content (AvgIpc) is 2.46. The Bertz CT molecular complexity index is 974. The number of H-pyrrole nitrogens is 1. The maximum atomic E-state index is 12.3. The summed E-state index contributed by atoms with van der Waals surface area (Å²) in [6.07, 6.45) is 0. The molecule has 8 heteroatoms. The van der Waals surface area contributed by atoms with E-state index in [2.05, 4.69) is 4.98 Å². The molecule has 0 saturated carbocycles. The third-order valence-corrected chi connectivity index (χ3v) is 3.27. The molecule has 7 N–H and O–H groups in total. The van der Waals surface area contributed by atoms with Gasteiger partial charge in [-0.2, -0.15) is 0 Å². The van der Waals surface area contributed by atoms with Gasteiger partial charge in [-0.05, 0) is 12.1 Å². The van der Waals surface area contributed by atoms with Gasteiger partial charge in [0, 0.05) is 0 Å². The predicted molar refractivity (Wildman–Crippen MR) is 72.1 cm³/mol. The van der Waals surface area contributed by atoms with Crippen molar-refractivity contribution in [1.29, 1.82) is 0 Å². The molecule has 0 amide bonds. The van der Waals surface area contributed by atoms with Crippen molar-refractivity contribution >= 4 is 21.8 Å². The highest BCUT2D eigenvalue weighted by Gasteiger charge is 2.23. The van der Waals surface area contributed by atoms with Crippen molar-refractivity contribution in [1.82, 2.24) is 4.98 Å². The van der Waals surface area contributed by atoms with Crippen molar-refractivity contribution in [2.75, 3.05) is 0 Å². The number of pyridine rings is 1. The van der Waals surface area contributed by atoms with Gasteiger partial charge in [-0.3, -0.25) is 4.79 Å². The Hall–Kier alpha value is -3.29. The second kappa shape index (κ2) is 3.85. The van der Waals surface area contributed by atoms with Crippen molar-refractivity contribution in [3.63, 3.8) is 0 Å². The van der Waals surface area contributed by atoms with Gasteiger partial charge in [0.25, 0.3) is 0 Å². The molecule has 3 rings (SSSR count). The minimum atomic E-state index is -1.03. The van der Waals surface area contributed by atoms with E-state index in [1.54, 1.807) is 0 Å². The minimum Gasteiger partial charge on any atom is -0.504 e. The number of phenols is 6. The maximum Gasteiger partial charge on any atom is 0.206 e. The number of aromatic amines is 1. The molecule has 0 bridgehead atoms. The number of hydrogen-bond donors (Lipinski definition) is 7. The lowest BCUT2D eigenvalue weighted by molar-refractivity contribution is 0.350. The van der Waals surface area contributed by atoms with Crippen LogP contribution in [0.3, 0.4) is 0 Å². The van der Waals surface area contributed by atoms with E-state index in [0.29, 0.717) is 0 Å². The second-order valence-corrected chi connectivity index (χ2v) is 4.45. The fourth-order valence-corrected chi connectivity index (χ4v) is 2.20. The van der Waals surface area contributed by atoms with Crippen LogP contribution >= 0.6 is 0 Å². The highest BCUT2D eigenvalue weighted by molar-refractivity contribution is 6.03. The Labute approximate surface area is 115 Å². The van der Waals surface area contributed by atoms with Crippen molar-refractivity contribution in [3.05, 3.63) is 22.4 Å². The largest absolute Gasteiger partial charge is 0.504 e. The molecule has 0 radical (unpaired) electrons. The van der Waals surface area contributed by atoms with Crippen LogP contribution in [0.1, 0.15) is 0 Å². The van der Waals surface area contributed by atoms with Gasteiger partial charge in [0.05, 0.1) is 16.3 Å². The van der Waals surface area contributed by atoms with Gasteiger partial charge in [0.15, 0.2) is 23.0 Å². The van der Waals surface area contributed by atoms with Crippen LogP contribution in [0.2, 0.25) is 0 Å². The summed E-state index contributed by atoms with van der Waals surface area (Å²) >= 11 is 0. The number of aromatic nitrogens is 1. The topological polar surface area (TPSA) is 154 Å². The standard InChI is InChI=1S/C13H9NO7/c15-4-2-1-3-6(9(4)17)14-7-5(8(3)16)10(18)12(20)13(21)11(7)19/h1-2,15,17-21H,(H,14,16). The Balaban J connectivity index is 2.71. The molecule has 0 aliphatic rings. The molecule has 0 spiro atoms. The molecule has 108 valence electrons. The van der Waals surface area contributed by atoms with Crippen LogP contribution in [0.5, 0.6) is 34.5 Å². The summed E-state index contributed by atoms with van der Waals surface area (Å²) in [6, 6.07) is 2.28. The van der Waals surface area contributed by atoms with Crippen LogP contribution in [0.25, 0.3) is 21.8 Å². The second-order valence-electron chi connectivity index (χ2n) is 4.45. The summed E-state index contributed by atoms with van der Waals surface area (Å²) in [5, 5.41) is 57.1. The first-order chi connectivity index (χ1) is 9.84. The molecule has 0 aliphatic heterocycles. The molecule has 1 heterocycles. The summed E-state index contributed by atoms with van der Waals surface area (Å²) < 4.78 is 0. The van der Waals surface area contributed by atoms with Gasteiger partial charge < -0.3 is 35.6 Å². The molecule has 0 fully saturated rings. The van der Waals surface area contributed by atoms with E-state index in [1.807, 2.05) is 0 Å². The molecular weight excluding hydrogens is 282 g/mol. The van der Waals surface area contributed by atoms with Crippen LogP contribution in [-0.2, 0) is 0 Å². The lowest BCUT2D eigenvalue weighted by atomic mass is 10.1. The molecule has 8 nitrogen and oxygen atoms in total. The fraction of sp³-hybridized carbons (Fsp3) is 0. The molecule has 0 aliphatic carbocycles. The van der Waals surface area contributed by atoms with Crippen molar-refractivity contribution in [3.8, 4) is 34.5 Å². The highest BCUT2D eigenvalue weighted by Crippen LogP contribution is 2.47. The third-order valence-electron chi connectivity index (χ3n) is 3.27. The highest BCUT2D eigenvalue weighted by atomic mass is 16.3. The van der Waals surface area contributed by atoms with Crippen LogP contribution in [0.4, 0.5) is 0 Å². The monoisotopic (exact) mass is 291 g/mol. The van der Waals surface area contributed by atoms with Crippen LogP contribution in [0.15, 0.2) is 16.9 Å². The lowest BCUT2D eigenvalue weighted by Gasteiger charge is -2.10. The number of hydrogen-bond acceptors (Lipinski definition) is 7. The number of phenolic OH excluding ortho intramolecular Hbond substituents is 6. The Morgan fingerprint density at radius 1 is 0.714 bits per heavy atom. The quantitative estimate of drug-likeness (QED) is 0.184. The smallest absolute Gasteiger partial charge is 0.206 e. The summed E-state index contributed by atoms with van der Waals surface area (Å²) in [7, 11) is 0. The Morgan fingerprint density at radius 2 is 1.33 bits per heavy atom. The van der Waals surface area contributed by atoms with Crippen LogP contribution < -0.4 is 5.43 Å². The third kappa shape index (κ3) is 1.46. The Morgan fingerprint density at radius 3 is 2.00 bits per heavy atom. The summed E-state index contributed by atoms with van der Waals surface area (Å²) in [5.74, 6) is -4.96. The first kappa shape index (κ1) is 12.7.